The van der Waals surface area contributed by atoms with Gasteiger partial charge < -0.3 is 5.11 Å². The second-order valence-corrected chi connectivity index (χ2v) is 6.82. The van der Waals surface area contributed by atoms with Gasteiger partial charge in [0.15, 0.2) is 0 Å². The number of rotatable bonds is 6. The second-order valence-electron chi connectivity index (χ2n) is 4.72. The number of nitro groups is 2. The Morgan fingerprint density at radius 2 is 1.73 bits per heavy atom. The summed E-state index contributed by atoms with van der Waals surface area (Å²) in [5, 5.41) is 35.2. The average Bonchev–Trinajstić information content (AvgIpc) is 2.56. The first kappa shape index (κ1) is 19.1. The second kappa shape index (κ2) is 7.33. The normalized spacial score (nSPS) is 11.4. The Bertz CT molecular complexity index is 1010. The highest BCUT2D eigenvalue weighted by molar-refractivity contribution is 7.89. The highest BCUT2D eigenvalue weighted by Crippen LogP contribution is 2.33. The zero-order chi connectivity index (χ0) is 19.5. The van der Waals surface area contributed by atoms with Gasteiger partial charge in [-0.05, 0) is 24.3 Å². The van der Waals surface area contributed by atoms with Crippen LogP contribution < -0.4 is 4.83 Å². The highest BCUT2D eigenvalue weighted by Gasteiger charge is 2.23. The SMILES string of the molecule is O=[N+]([O-])c1cc(/C=N\NS(=O)(=O)c2ccc(Cl)cc2)c(O)c([N+](=O)[O-])c1. The number of sulfonamides is 1. The molecule has 0 aromatic heterocycles. The fourth-order valence-electron chi connectivity index (χ4n) is 1.80. The van der Waals surface area contributed by atoms with Crippen molar-refractivity contribution in [1.29, 1.82) is 0 Å². The number of hydrogen-bond donors (Lipinski definition) is 2. The van der Waals surface area contributed by atoms with Crippen molar-refractivity contribution in [3.8, 4) is 5.75 Å². The molecule has 0 atom stereocenters. The molecular formula is C13H9ClN4O7S. The van der Waals surface area contributed by atoms with Crippen LogP contribution in [0.25, 0.3) is 0 Å². The minimum absolute atomic E-state index is 0.159. The van der Waals surface area contributed by atoms with Crippen LogP contribution in [0, 0.1) is 20.2 Å². The van der Waals surface area contributed by atoms with Crippen molar-refractivity contribution in [2.75, 3.05) is 0 Å². The zero-order valence-electron chi connectivity index (χ0n) is 12.6. The lowest BCUT2D eigenvalue weighted by Crippen LogP contribution is -2.18. The minimum Gasteiger partial charge on any atom is -0.502 e. The molecule has 0 saturated heterocycles. The average molecular weight is 401 g/mol. The van der Waals surface area contributed by atoms with Crippen LogP contribution in [0.1, 0.15) is 5.56 Å². The summed E-state index contributed by atoms with van der Waals surface area (Å²) in [4.78, 5) is 21.4. The summed E-state index contributed by atoms with van der Waals surface area (Å²) in [6.45, 7) is 0. The van der Waals surface area contributed by atoms with Crippen LogP contribution in [0.15, 0.2) is 46.4 Å². The molecule has 2 N–H and O–H groups in total. The Morgan fingerprint density at radius 3 is 2.27 bits per heavy atom. The van der Waals surface area contributed by atoms with Gasteiger partial charge in [0.25, 0.3) is 15.7 Å². The van der Waals surface area contributed by atoms with Crippen LogP contribution in [0.4, 0.5) is 11.4 Å². The van der Waals surface area contributed by atoms with Gasteiger partial charge in [0, 0.05) is 11.1 Å². The molecule has 0 saturated carbocycles. The van der Waals surface area contributed by atoms with E-state index in [2.05, 4.69) is 5.10 Å². The van der Waals surface area contributed by atoms with E-state index in [-0.39, 0.29) is 4.90 Å². The first-order chi connectivity index (χ1) is 12.1. The van der Waals surface area contributed by atoms with Crippen molar-refractivity contribution in [1.82, 2.24) is 4.83 Å². The number of hydrogen-bond acceptors (Lipinski definition) is 8. The maximum Gasteiger partial charge on any atom is 0.318 e. The summed E-state index contributed by atoms with van der Waals surface area (Å²) in [6.07, 6.45) is 0.711. The van der Waals surface area contributed by atoms with E-state index in [4.69, 9.17) is 11.6 Å². The van der Waals surface area contributed by atoms with Gasteiger partial charge in [-0.3, -0.25) is 20.2 Å². The fraction of sp³-hybridized carbons (Fsp3) is 0. The van der Waals surface area contributed by atoms with E-state index in [0.717, 1.165) is 6.07 Å². The van der Waals surface area contributed by atoms with Gasteiger partial charge in [0.05, 0.1) is 32.6 Å². The van der Waals surface area contributed by atoms with Crippen LogP contribution >= 0.6 is 11.6 Å². The summed E-state index contributed by atoms with van der Waals surface area (Å²) < 4.78 is 24.0. The van der Waals surface area contributed by atoms with Crippen LogP contribution in [0.5, 0.6) is 5.75 Å². The standard InChI is InChI=1S/C13H9ClN4O7S/c14-9-1-3-11(4-2-9)26(24,25)16-15-7-8-5-10(17(20)21)6-12(13(8)19)18(22)23/h1-7,16,19H/b15-7-. The molecule has 0 fully saturated rings. The number of hydrazone groups is 1. The molecule has 13 heteroatoms. The molecule has 0 bridgehead atoms. The lowest BCUT2D eigenvalue weighted by Gasteiger charge is -2.04. The monoisotopic (exact) mass is 400 g/mol. The third-order valence-electron chi connectivity index (χ3n) is 3.01. The molecule has 0 heterocycles. The number of halogens is 1. The van der Waals surface area contributed by atoms with Crippen molar-refractivity contribution in [3.63, 3.8) is 0 Å². The number of phenols is 1. The first-order valence-electron chi connectivity index (χ1n) is 6.58. The summed E-state index contributed by atoms with van der Waals surface area (Å²) in [5.41, 5.74) is -2.00. The van der Waals surface area contributed by atoms with Crippen LogP contribution in [-0.2, 0) is 10.0 Å². The predicted molar refractivity (Wildman–Crippen MR) is 90.8 cm³/mol. The van der Waals surface area contributed by atoms with E-state index in [9.17, 15) is 33.8 Å². The van der Waals surface area contributed by atoms with Crippen LogP contribution in [-0.4, -0.2) is 29.6 Å². The Hall–Kier alpha value is -3.25. The van der Waals surface area contributed by atoms with E-state index in [1.165, 1.54) is 24.3 Å². The third kappa shape index (κ3) is 4.23. The summed E-state index contributed by atoms with van der Waals surface area (Å²) >= 11 is 5.66. The Labute approximate surface area is 150 Å². The van der Waals surface area contributed by atoms with Crippen molar-refractivity contribution < 1.29 is 23.4 Å². The van der Waals surface area contributed by atoms with E-state index in [1.807, 2.05) is 4.83 Å². The topological polar surface area (TPSA) is 165 Å². The Balaban J connectivity index is 2.34. The van der Waals surface area contributed by atoms with Crippen LogP contribution in [0.3, 0.4) is 0 Å². The van der Waals surface area contributed by atoms with Gasteiger partial charge in [-0.25, -0.2) is 4.83 Å². The van der Waals surface area contributed by atoms with Crippen molar-refractivity contribution in [2.24, 2.45) is 5.10 Å². The van der Waals surface area contributed by atoms with E-state index >= 15 is 0 Å². The number of nitrogens with one attached hydrogen (secondary N) is 1. The number of non-ortho nitro benzene ring substituents is 1. The molecule has 0 aliphatic heterocycles. The van der Waals surface area contributed by atoms with Crippen molar-refractivity contribution in [3.05, 3.63) is 67.2 Å². The molecule has 11 nitrogen and oxygen atoms in total. The molecule has 0 unspecified atom stereocenters. The Kier molecular flexibility index (Phi) is 5.38. The quantitative estimate of drug-likeness (QED) is 0.425. The van der Waals surface area contributed by atoms with Gasteiger partial charge in [-0.1, -0.05) is 11.6 Å². The first-order valence-corrected chi connectivity index (χ1v) is 8.44. The Morgan fingerprint density at radius 1 is 1.12 bits per heavy atom. The van der Waals surface area contributed by atoms with Gasteiger partial charge in [-0.15, -0.1) is 0 Å². The number of nitrogens with zero attached hydrogens (tertiary/aromatic N) is 3. The number of benzene rings is 2. The smallest absolute Gasteiger partial charge is 0.318 e. The largest absolute Gasteiger partial charge is 0.502 e. The van der Waals surface area contributed by atoms with Crippen molar-refractivity contribution in [2.45, 2.75) is 4.90 Å². The molecule has 0 spiro atoms. The van der Waals surface area contributed by atoms with E-state index in [1.54, 1.807) is 0 Å². The molecule has 2 aromatic rings. The molecule has 26 heavy (non-hydrogen) atoms. The molecule has 0 amide bonds. The van der Waals surface area contributed by atoms with Crippen molar-refractivity contribution >= 4 is 39.2 Å². The maximum atomic E-state index is 12.0. The number of phenolic OH excluding ortho intramolecular Hbond substituents is 1. The highest BCUT2D eigenvalue weighted by atomic mass is 35.5. The van der Waals surface area contributed by atoms with Gasteiger partial charge >= 0.3 is 5.69 Å². The number of nitro benzene ring substituents is 2. The summed E-state index contributed by atoms with van der Waals surface area (Å²) in [5.74, 6) is -0.893. The number of aromatic hydroxyl groups is 1. The molecule has 0 aliphatic carbocycles. The van der Waals surface area contributed by atoms with Gasteiger partial charge in [-0.2, -0.15) is 13.5 Å². The van der Waals surface area contributed by atoms with E-state index < -0.39 is 42.6 Å². The molecule has 2 rings (SSSR count). The zero-order valence-corrected chi connectivity index (χ0v) is 14.1. The lowest BCUT2D eigenvalue weighted by atomic mass is 10.1. The molecule has 2 aromatic carbocycles. The molecular weight excluding hydrogens is 392 g/mol. The van der Waals surface area contributed by atoms with Gasteiger partial charge in [0.2, 0.25) is 5.75 Å². The van der Waals surface area contributed by atoms with Crippen LogP contribution in [0.2, 0.25) is 5.02 Å². The maximum absolute atomic E-state index is 12.0. The van der Waals surface area contributed by atoms with Gasteiger partial charge in [0.1, 0.15) is 0 Å². The molecule has 0 aliphatic rings. The fourth-order valence-corrected chi connectivity index (χ4v) is 2.72. The minimum atomic E-state index is -4.07. The lowest BCUT2D eigenvalue weighted by molar-refractivity contribution is -0.394. The molecule has 136 valence electrons. The molecule has 0 radical (unpaired) electrons. The summed E-state index contributed by atoms with van der Waals surface area (Å²) in [6, 6.07) is 6.50. The van der Waals surface area contributed by atoms with E-state index in [0.29, 0.717) is 17.3 Å². The predicted octanol–water partition coefficient (Wildman–Crippen LogP) is 2.17. The summed E-state index contributed by atoms with van der Waals surface area (Å²) in [7, 11) is -4.07. The third-order valence-corrected chi connectivity index (χ3v) is 4.50.